The molecule has 1 aromatic heterocycles. The molecule has 4 rings (SSSR count). The van der Waals surface area contributed by atoms with E-state index in [0.717, 1.165) is 11.3 Å². The molecule has 0 radical (unpaired) electrons. The molecule has 29 heavy (non-hydrogen) atoms. The summed E-state index contributed by atoms with van der Waals surface area (Å²) >= 11 is 0. The van der Waals surface area contributed by atoms with Crippen LogP contribution in [-0.2, 0) is 16.1 Å². The summed E-state index contributed by atoms with van der Waals surface area (Å²) < 4.78 is 28.4. The van der Waals surface area contributed by atoms with Gasteiger partial charge in [-0.3, -0.25) is 9.59 Å². The molecule has 0 unspecified atom stereocenters. The number of nitrogens with one attached hydrogen (secondary N) is 1. The van der Waals surface area contributed by atoms with Crippen LogP contribution in [-0.4, -0.2) is 27.8 Å². The fraction of sp³-hybridized carbons (Fsp3) is 0.182. The van der Waals surface area contributed by atoms with Crippen molar-refractivity contribution in [2.75, 3.05) is 11.9 Å². The molecule has 0 fully saturated rings. The van der Waals surface area contributed by atoms with Crippen molar-refractivity contribution >= 4 is 17.5 Å². The first-order valence-corrected chi connectivity index (χ1v) is 9.26. The predicted molar refractivity (Wildman–Crippen MR) is 104 cm³/mol. The van der Waals surface area contributed by atoms with Crippen LogP contribution in [0.15, 0.2) is 66.9 Å². The lowest BCUT2D eigenvalue weighted by Crippen LogP contribution is -2.43. The summed E-state index contributed by atoms with van der Waals surface area (Å²) in [7, 11) is 0. The summed E-state index contributed by atoms with van der Waals surface area (Å²) in [4.78, 5) is 26.9. The van der Waals surface area contributed by atoms with Crippen LogP contribution in [0.2, 0.25) is 0 Å². The Morgan fingerprint density at radius 3 is 2.28 bits per heavy atom. The van der Waals surface area contributed by atoms with Crippen molar-refractivity contribution in [3.8, 4) is 0 Å². The second-order valence-corrected chi connectivity index (χ2v) is 6.90. The highest BCUT2D eigenvalue weighted by Gasteiger charge is 2.32. The van der Waals surface area contributed by atoms with Crippen molar-refractivity contribution in [1.29, 1.82) is 0 Å². The molecule has 2 heterocycles. The number of benzene rings is 2. The standard InChI is InChI=1S/C22H19F2N3O2/c23-16-5-3-15(4-6-16)22-19-2-1-11-26(19)12-13-27(22)21(29)14-20(28)25-18-9-7-17(24)8-10-18/h1-11,22H,12-14H2,(H,25,28)/t22-/m0/s1. The summed E-state index contributed by atoms with van der Waals surface area (Å²) in [6.45, 7) is 1.05. The van der Waals surface area contributed by atoms with Gasteiger partial charge < -0.3 is 14.8 Å². The number of hydrogen-bond donors (Lipinski definition) is 1. The van der Waals surface area contributed by atoms with Gasteiger partial charge in [-0.15, -0.1) is 0 Å². The van der Waals surface area contributed by atoms with E-state index in [1.54, 1.807) is 17.0 Å². The number of carbonyl (C=O) groups excluding carboxylic acids is 2. The van der Waals surface area contributed by atoms with Crippen LogP contribution in [0, 0.1) is 11.6 Å². The van der Waals surface area contributed by atoms with E-state index in [9.17, 15) is 18.4 Å². The Hall–Kier alpha value is -3.48. The third-order valence-electron chi connectivity index (χ3n) is 4.98. The molecule has 1 atom stereocenters. The summed E-state index contributed by atoms with van der Waals surface area (Å²) in [5, 5.41) is 2.61. The minimum atomic E-state index is -0.472. The summed E-state index contributed by atoms with van der Waals surface area (Å²) in [6.07, 6.45) is 1.60. The van der Waals surface area contributed by atoms with Gasteiger partial charge in [-0.25, -0.2) is 8.78 Å². The first-order chi connectivity index (χ1) is 14.0. The third-order valence-corrected chi connectivity index (χ3v) is 4.98. The van der Waals surface area contributed by atoms with Gasteiger partial charge in [-0.05, 0) is 54.1 Å². The molecular formula is C22H19F2N3O2. The summed E-state index contributed by atoms with van der Waals surface area (Å²) in [6, 6.07) is 14.8. The van der Waals surface area contributed by atoms with Crippen LogP contribution in [0.4, 0.5) is 14.5 Å². The molecule has 0 aliphatic carbocycles. The Kier molecular flexibility index (Phi) is 5.12. The van der Waals surface area contributed by atoms with Crippen LogP contribution < -0.4 is 5.32 Å². The van der Waals surface area contributed by atoms with Crippen LogP contribution in [0.5, 0.6) is 0 Å². The van der Waals surface area contributed by atoms with Crippen LogP contribution in [0.3, 0.4) is 0 Å². The predicted octanol–water partition coefficient (Wildman–Crippen LogP) is 3.73. The number of amides is 2. The van der Waals surface area contributed by atoms with E-state index in [0.29, 0.717) is 18.8 Å². The van der Waals surface area contributed by atoms with Gasteiger partial charge in [-0.1, -0.05) is 12.1 Å². The Morgan fingerprint density at radius 2 is 1.59 bits per heavy atom. The minimum Gasteiger partial charge on any atom is -0.348 e. The molecule has 5 nitrogen and oxygen atoms in total. The van der Waals surface area contributed by atoms with Crippen LogP contribution >= 0.6 is 0 Å². The van der Waals surface area contributed by atoms with E-state index in [1.807, 2.05) is 18.3 Å². The molecule has 0 bridgehead atoms. The first kappa shape index (κ1) is 18.9. The van der Waals surface area contributed by atoms with Gasteiger partial charge >= 0.3 is 0 Å². The van der Waals surface area contributed by atoms with Gasteiger partial charge in [0, 0.05) is 30.7 Å². The highest BCUT2D eigenvalue weighted by molar-refractivity contribution is 6.03. The first-order valence-electron chi connectivity index (χ1n) is 9.26. The van der Waals surface area contributed by atoms with Crippen molar-refractivity contribution in [3.05, 3.63) is 89.8 Å². The average molecular weight is 395 g/mol. The fourth-order valence-corrected chi connectivity index (χ4v) is 3.63. The van der Waals surface area contributed by atoms with Crippen molar-refractivity contribution in [1.82, 2.24) is 9.47 Å². The molecule has 3 aromatic rings. The number of hydrogen-bond acceptors (Lipinski definition) is 2. The van der Waals surface area contributed by atoms with Crippen LogP contribution in [0.1, 0.15) is 23.7 Å². The van der Waals surface area contributed by atoms with Crippen molar-refractivity contribution in [2.24, 2.45) is 0 Å². The monoisotopic (exact) mass is 395 g/mol. The fourth-order valence-electron chi connectivity index (χ4n) is 3.63. The molecule has 2 aromatic carbocycles. The summed E-state index contributed by atoms with van der Waals surface area (Å²) in [5.74, 6) is -1.55. The summed E-state index contributed by atoms with van der Waals surface area (Å²) in [5.41, 5.74) is 2.11. The highest BCUT2D eigenvalue weighted by Crippen LogP contribution is 2.33. The van der Waals surface area contributed by atoms with Gasteiger partial charge in [0.05, 0.1) is 6.04 Å². The van der Waals surface area contributed by atoms with Gasteiger partial charge in [0.25, 0.3) is 0 Å². The number of nitrogens with zero attached hydrogens (tertiary/aromatic N) is 2. The van der Waals surface area contributed by atoms with Crippen molar-refractivity contribution < 1.29 is 18.4 Å². The SMILES string of the molecule is O=C(CC(=O)N1CCn2cccc2[C@@H]1c1ccc(F)cc1)Nc1ccc(F)cc1. The Balaban J connectivity index is 1.53. The van der Waals surface area contributed by atoms with E-state index in [-0.39, 0.29) is 18.1 Å². The van der Waals surface area contributed by atoms with Crippen molar-refractivity contribution in [3.63, 3.8) is 0 Å². The highest BCUT2D eigenvalue weighted by atomic mass is 19.1. The molecule has 1 N–H and O–H groups in total. The molecule has 1 aliphatic heterocycles. The van der Waals surface area contributed by atoms with E-state index in [2.05, 4.69) is 9.88 Å². The molecule has 148 valence electrons. The number of halogens is 2. The Labute approximate surface area is 166 Å². The second-order valence-electron chi connectivity index (χ2n) is 6.90. The minimum absolute atomic E-state index is 0.327. The lowest BCUT2D eigenvalue weighted by Gasteiger charge is -2.37. The maximum Gasteiger partial charge on any atom is 0.233 e. The quantitative estimate of drug-likeness (QED) is 0.685. The number of anilines is 1. The zero-order valence-electron chi connectivity index (χ0n) is 15.5. The zero-order chi connectivity index (χ0) is 20.4. The second kappa shape index (κ2) is 7.87. The zero-order valence-corrected chi connectivity index (χ0v) is 15.5. The van der Waals surface area contributed by atoms with Gasteiger partial charge in [-0.2, -0.15) is 0 Å². The van der Waals surface area contributed by atoms with Crippen molar-refractivity contribution in [2.45, 2.75) is 19.0 Å². The number of fused-ring (bicyclic) bond motifs is 1. The smallest absolute Gasteiger partial charge is 0.233 e. The van der Waals surface area contributed by atoms with Gasteiger partial charge in [0.2, 0.25) is 11.8 Å². The molecule has 2 amide bonds. The number of aromatic nitrogens is 1. The molecule has 1 aliphatic rings. The maximum atomic E-state index is 13.4. The molecule has 0 saturated carbocycles. The molecular weight excluding hydrogens is 376 g/mol. The Morgan fingerprint density at radius 1 is 0.931 bits per heavy atom. The van der Waals surface area contributed by atoms with Gasteiger partial charge in [0.15, 0.2) is 0 Å². The number of carbonyl (C=O) groups is 2. The molecule has 0 spiro atoms. The van der Waals surface area contributed by atoms with E-state index in [4.69, 9.17) is 0 Å². The largest absolute Gasteiger partial charge is 0.348 e. The Bertz CT molecular complexity index is 1030. The maximum absolute atomic E-state index is 13.4. The number of rotatable bonds is 4. The molecule has 0 saturated heterocycles. The lowest BCUT2D eigenvalue weighted by molar-refractivity contribution is -0.136. The van der Waals surface area contributed by atoms with E-state index in [1.165, 1.54) is 36.4 Å². The van der Waals surface area contributed by atoms with Crippen LogP contribution in [0.25, 0.3) is 0 Å². The lowest BCUT2D eigenvalue weighted by atomic mass is 9.99. The van der Waals surface area contributed by atoms with E-state index < -0.39 is 17.8 Å². The van der Waals surface area contributed by atoms with E-state index >= 15 is 0 Å². The normalized spacial score (nSPS) is 15.7. The van der Waals surface area contributed by atoms with Gasteiger partial charge in [0.1, 0.15) is 18.1 Å². The molecule has 7 heteroatoms. The topological polar surface area (TPSA) is 54.3 Å². The average Bonchev–Trinajstić information content (AvgIpc) is 3.18. The third kappa shape index (κ3) is 4.03.